The van der Waals surface area contributed by atoms with Crippen LogP contribution in [0, 0.1) is 11.8 Å². The third-order valence-electron chi connectivity index (χ3n) is 10.0. The summed E-state index contributed by atoms with van der Waals surface area (Å²) in [6.07, 6.45) is 32.2. The molecule has 56 heavy (non-hydrogen) atoms. The molecule has 4 N–H and O–H groups in total. The van der Waals surface area contributed by atoms with Crippen molar-refractivity contribution in [3.05, 3.63) is 48.8 Å². The van der Waals surface area contributed by atoms with Gasteiger partial charge in [0.1, 0.15) is 19.8 Å². The minimum Gasteiger partial charge on any atom is -0.498 e. The van der Waals surface area contributed by atoms with Crippen LogP contribution in [-0.4, -0.2) is 103 Å². The standard InChI is InChI=1S/C44H80NO10P/c1-6-8-10-11-12-13-14-15-16-17-18-19-20-21-22-26-33-52-36-39(37-54-56(50,51)53-34-32-45(3,4)5)55-44(49)29-25-24-28-40-41(43(48)35-42(40)47)31-30-38(46)27-23-9-7-2/h15-16,24-26,30-31,33,38-43,46-48H,6-14,17-23,27-29,32,34-37H2,1-5H3/p+1/b16-15-,25-24-,31-30+,33-26+/t38-,39-,40+,41-,42+,43-/m1/s1. The lowest BCUT2D eigenvalue weighted by atomic mass is 9.89. The number of carbonyl (C=O) groups excluding carboxylic acids is 1. The molecule has 7 atom stereocenters. The zero-order valence-electron chi connectivity index (χ0n) is 35.7. The fourth-order valence-electron chi connectivity index (χ4n) is 6.55. The molecule has 0 aromatic carbocycles. The third kappa shape index (κ3) is 28.6. The summed E-state index contributed by atoms with van der Waals surface area (Å²) in [6.45, 7) is 4.42. The SMILES string of the molecule is CCCCCCCC/C=C\CCCCCC/C=C/OC[C@H](COP(=O)(O)OCC[N+](C)(C)C)OC(=O)C/C=C\C[C@H]1[C@@H](/C=C/[C@H](O)CCCCC)[C@H](O)C[C@@H]1O. The maximum absolute atomic E-state index is 12.8. The number of phosphoric acid groups is 1. The first-order chi connectivity index (χ1) is 26.8. The second-order valence-electron chi connectivity index (χ2n) is 16.4. The van der Waals surface area contributed by atoms with Crippen LogP contribution in [0.5, 0.6) is 0 Å². The summed E-state index contributed by atoms with van der Waals surface area (Å²) in [4.78, 5) is 23.0. The molecule has 0 heterocycles. The highest BCUT2D eigenvalue weighted by Gasteiger charge is 2.39. The topological polar surface area (TPSA) is 152 Å². The van der Waals surface area contributed by atoms with Crippen LogP contribution in [0.1, 0.15) is 142 Å². The lowest BCUT2D eigenvalue weighted by Gasteiger charge is -2.24. The first kappa shape index (κ1) is 52.2. The first-order valence-electron chi connectivity index (χ1n) is 21.7. The average molecular weight is 815 g/mol. The number of aliphatic hydroxyl groups excluding tert-OH is 3. The molecular formula is C44H81NO10P+. The van der Waals surface area contributed by atoms with Crippen molar-refractivity contribution in [3.8, 4) is 0 Å². The summed E-state index contributed by atoms with van der Waals surface area (Å²) in [5.74, 6) is -1.13. The van der Waals surface area contributed by atoms with Crippen molar-refractivity contribution in [3.63, 3.8) is 0 Å². The summed E-state index contributed by atoms with van der Waals surface area (Å²) < 4.78 is 34.6. The molecule has 1 unspecified atom stereocenters. The van der Waals surface area contributed by atoms with Gasteiger partial charge in [-0.2, -0.15) is 0 Å². The number of likely N-dealkylation sites (N-methyl/N-ethyl adjacent to an activating group) is 1. The van der Waals surface area contributed by atoms with Crippen molar-refractivity contribution >= 4 is 13.8 Å². The predicted molar refractivity (Wildman–Crippen MR) is 226 cm³/mol. The summed E-state index contributed by atoms with van der Waals surface area (Å²) in [7, 11) is 1.43. The molecule has 0 radical (unpaired) electrons. The Morgan fingerprint density at radius 2 is 1.39 bits per heavy atom. The van der Waals surface area contributed by atoms with Crippen LogP contribution in [0.25, 0.3) is 0 Å². The molecular weight excluding hydrogens is 733 g/mol. The van der Waals surface area contributed by atoms with Gasteiger partial charge in [0.25, 0.3) is 0 Å². The van der Waals surface area contributed by atoms with Gasteiger partial charge in [-0.1, -0.05) is 115 Å². The van der Waals surface area contributed by atoms with E-state index < -0.39 is 38.2 Å². The molecule has 0 amide bonds. The molecule has 0 spiro atoms. The monoisotopic (exact) mass is 815 g/mol. The summed E-state index contributed by atoms with van der Waals surface area (Å²) >= 11 is 0. The number of quaternary nitrogens is 1. The maximum Gasteiger partial charge on any atom is 0.472 e. The summed E-state index contributed by atoms with van der Waals surface area (Å²) in [5.41, 5.74) is 0. The number of rotatable bonds is 35. The van der Waals surface area contributed by atoms with E-state index in [0.29, 0.717) is 23.9 Å². The Labute approximate surface area is 340 Å². The van der Waals surface area contributed by atoms with Gasteiger partial charge in [-0.3, -0.25) is 13.8 Å². The Bertz CT molecular complexity index is 1150. The van der Waals surface area contributed by atoms with E-state index in [2.05, 4.69) is 26.0 Å². The van der Waals surface area contributed by atoms with Crippen LogP contribution < -0.4 is 0 Å². The number of hydrogen-bond acceptors (Lipinski definition) is 9. The van der Waals surface area contributed by atoms with Gasteiger partial charge in [-0.25, -0.2) is 4.57 Å². The molecule has 11 nitrogen and oxygen atoms in total. The van der Waals surface area contributed by atoms with Crippen molar-refractivity contribution in [2.75, 3.05) is 47.5 Å². The zero-order chi connectivity index (χ0) is 41.5. The van der Waals surface area contributed by atoms with Crippen molar-refractivity contribution < 1.29 is 52.6 Å². The van der Waals surface area contributed by atoms with E-state index in [1.165, 1.54) is 57.8 Å². The minimum absolute atomic E-state index is 0.0185. The molecule has 0 aromatic heterocycles. The van der Waals surface area contributed by atoms with E-state index in [0.717, 1.165) is 44.9 Å². The van der Waals surface area contributed by atoms with E-state index >= 15 is 0 Å². The smallest absolute Gasteiger partial charge is 0.472 e. The van der Waals surface area contributed by atoms with Gasteiger partial charge in [-0.15, -0.1) is 0 Å². The van der Waals surface area contributed by atoms with Crippen molar-refractivity contribution in [2.24, 2.45) is 11.8 Å². The van der Waals surface area contributed by atoms with Crippen LogP contribution in [0.15, 0.2) is 48.8 Å². The number of phosphoric ester groups is 1. The Morgan fingerprint density at radius 3 is 2.04 bits per heavy atom. The molecule has 1 rings (SSSR count). The van der Waals surface area contributed by atoms with Crippen LogP contribution in [0.2, 0.25) is 0 Å². The average Bonchev–Trinajstić information content (AvgIpc) is 3.40. The largest absolute Gasteiger partial charge is 0.498 e. The van der Waals surface area contributed by atoms with Gasteiger partial charge >= 0.3 is 13.8 Å². The quantitative estimate of drug-likeness (QED) is 0.0122. The molecule has 326 valence electrons. The van der Waals surface area contributed by atoms with E-state index in [9.17, 15) is 29.6 Å². The number of nitrogens with zero attached hydrogens (tertiary/aromatic N) is 1. The zero-order valence-corrected chi connectivity index (χ0v) is 36.6. The van der Waals surface area contributed by atoms with Crippen LogP contribution in [0.4, 0.5) is 0 Å². The second kappa shape index (κ2) is 32.1. The fourth-order valence-corrected chi connectivity index (χ4v) is 7.29. The number of unbranched alkanes of at least 4 members (excludes halogenated alkanes) is 13. The molecule has 1 fully saturated rings. The van der Waals surface area contributed by atoms with Crippen LogP contribution in [-0.2, 0) is 27.9 Å². The lowest BCUT2D eigenvalue weighted by molar-refractivity contribution is -0.870. The highest BCUT2D eigenvalue weighted by Crippen LogP contribution is 2.43. The third-order valence-corrected chi connectivity index (χ3v) is 11.0. The molecule has 1 aliphatic carbocycles. The molecule has 0 bridgehead atoms. The minimum atomic E-state index is -4.39. The van der Waals surface area contributed by atoms with Gasteiger partial charge in [-0.05, 0) is 63.4 Å². The van der Waals surface area contributed by atoms with Gasteiger partial charge in [0, 0.05) is 12.3 Å². The van der Waals surface area contributed by atoms with E-state index in [1.807, 2.05) is 33.3 Å². The predicted octanol–water partition coefficient (Wildman–Crippen LogP) is 9.11. The van der Waals surface area contributed by atoms with Crippen molar-refractivity contribution in [2.45, 2.75) is 167 Å². The second-order valence-corrected chi connectivity index (χ2v) is 17.9. The van der Waals surface area contributed by atoms with Crippen LogP contribution >= 0.6 is 7.82 Å². The van der Waals surface area contributed by atoms with Gasteiger partial charge in [0.05, 0.1) is 58.7 Å². The van der Waals surface area contributed by atoms with E-state index in [1.54, 1.807) is 24.5 Å². The first-order valence-corrected chi connectivity index (χ1v) is 23.2. The number of ether oxygens (including phenoxy) is 2. The number of esters is 1. The molecule has 12 heteroatoms. The molecule has 1 aliphatic rings. The maximum atomic E-state index is 12.8. The lowest BCUT2D eigenvalue weighted by Crippen LogP contribution is -2.37. The number of hydrogen-bond donors (Lipinski definition) is 4. The highest BCUT2D eigenvalue weighted by molar-refractivity contribution is 7.47. The highest BCUT2D eigenvalue weighted by atomic mass is 31.2. The molecule has 1 saturated carbocycles. The molecule has 0 aromatic rings. The van der Waals surface area contributed by atoms with Crippen LogP contribution in [0.3, 0.4) is 0 Å². The Morgan fingerprint density at radius 1 is 0.786 bits per heavy atom. The van der Waals surface area contributed by atoms with Crippen molar-refractivity contribution in [1.29, 1.82) is 0 Å². The Hall–Kier alpha value is -1.82. The normalized spacial score (nSPS) is 21.4. The Balaban J connectivity index is 2.55. The van der Waals surface area contributed by atoms with E-state index in [-0.39, 0.29) is 44.5 Å². The Kier molecular flexibility index (Phi) is 29.9. The van der Waals surface area contributed by atoms with Gasteiger partial charge < -0.3 is 34.2 Å². The van der Waals surface area contributed by atoms with Gasteiger partial charge in [0.15, 0.2) is 6.10 Å². The number of carbonyl (C=O) groups is 1. The van der Waals surface area contributed by atoms with Crippen molar-refractivity contribution in [1.82, 2.24) is 0 Å². The fraction of sp³-hybridized carbons (Fsp3) is 0.795. The summed E-state index contributed by atoms with van der Waals surface area (Å²) in [5, 5.41) is 31.4. The number of allylic oxidation sites excluding steroid dienone is 4. The van der Waals surface area contributed by atoms with Gasteiger partial charge in [0.2, 0.25) is 0 Å². The number of aliphatic hydroxyl groups is 3. The van der Waals surface area contributed by atoms with E-state index in [4.69, 9.17) is 18.5 Å². The summed E-state index contributed by atoms with van der Waals surface area (Å²) in [6, 6.07) is 0. The molecule has 0 saturated heterocycles. The molecule has 0 aliphatic heterocycles.